The Morgan fingerprint density at radius 1 is 0.791 bits per heavy atom. The summed E-state index contributed by atoms with van der Waals surface area (Å²) in [5.41, 5.74) is 6.39. The van der Waals surface area contributed by atoms with Crippen molar-refractivity contribution in [1.82, 2.24) is 5.32 Å². The molecular weight excluding hydrogens is 621 g/mol. The van der Waals surface area contributed by atoms with Gasteiger partial charge >= 0.3 is 18.1 Å². The van der Waals surface area contributed by atoms with Gasteiger partial charge in [0.1, 0.15) is 0 Å². The number of nitrogens with one attached hydrogen (secondary N) is 1. The quantitative estimate of drug-likeness (QED) is 0.118. The first-order valence-corrected chi connectivity index (χ1v) is 26.3. The van der Waals surface area contributed by atoms with Crippen molar-refractivity contribution in [1.29, 1.82) is 0 Å². The molecule has 0 aromatic heterocycles. The van der Waals surface area contributed by atoms with Crippen molar-refractivity contribution in [3.8, 4) is 0 Å². The third kappa shape index (κ3) is 12.5. The first-order chi connectivity index (χ1) is 20.6. The van der Waals surface area contributed by atoms with Crippen molar-refractivity contribution in [3.05, 3.63) is 16.7 Å². The summed E-state index contributed by atoms with van der Waals surface area (Å²) in [4.78, 5) is 2.65. The van der Waals surface area contributed by atoms with Crippen LogP contribution in [0.25, 0.3) is 0 Å². The largest absolute Gasteiger partial charge is 0.500 e. The Bertz CT molecular complexity index is 885. The molecule has 5 radical (unpaired) electrons. The van der Waals surface area contributed by atoms with Crippen LogP contribution < -0.4 is 20.6 Å². The predicted molar refractivity (Wildman–Crippen MR) is 194 cm³/mol. The SMILES string of the molecule is CCO[Si](CCCNC[Si]CCc1c(N(CC)CC)c([Si](C)C)c(C)c(CC[Si](OC)OC)c1[Si](C)C)(OCC)OCC. The van der Waals surface area contributed by atoms with E-state index in [9.17, 15) is 0 Å². The fourth-order valence-electron chi connectivity index (χ4n) is 6.05. The van der Waals surface area contributed by atoms with Crippen LogP contribution in [0.2, 0.25) is 44.3 Å². The van der Waals surface area contributed by atoms with Gasteiger partial charge in [-0.25, -0.2) is 0 Å². The number of benzene rings is 1. The number of rotatable bonds is 25. The van der Waals surface area contributed by atoms with Gasteiger partial charge < -0.3 is 32.3 Å². The molecule has 0 atom stereocenters. The highest BCUT2D eigenvalue weighted by Crippen LogP contribution is 2.26. The van der Waals surface area contributed by atoms with Crippen molar-refractivity contribution in [2.45, 2.75) is 105 Å². The van der Waals surface area contributed by atoms with Gasteiger partial charge in [-0.15, -0.1) is 0 Å². The first-order valence-electron chi connectivity index (χ1n) is 16.4. The summed E-state index contributed by atoms with van der Waals surface area (Å²) in [6, 6.07) is 3.09. The van der Waals surface area contributed by atoms with E-state index in [1.54, 1.807) is 47.0 Å². The lowest BCUT2D eigenvalue weighted by Gasteiger charge is -2.34. The minimum atomic E-state index is -2.55. The molecule has 0 saturated carbocycles. The first kappa shape index (κ1) is 40.9. The molecule has 0 aliphatic rings. The second-order valence-corrected chi connectivity index (χ2v) is 22.3. The van der Waals surface area contributed by atoms with E-state index in [0.717, 1.165) is 66.7 Å². The van der Waals surface area contributed by atoms with Crippen LogP contribution in [0.1, 0.15) is 57.7 Å². The fourth-order valence-corrected chi connectivity index (χ4v) is 14.1. The molecule has 0 amide bonds. The van der Waals surface area contributed by atoms with Gasteiger partial charge in [-0.3, -0.25) is 0 Å². The van der Waals surface area contributed by atoms with E-state index < -0.39 is 35.7 Å². The molecule has 1 N–H and O–H groups in total. The van der Waals surface area contributed by atoms with Crippen LogP contribution in [0, 0.1) is 6.92 Å². The van der Waals surface area contributed by atoms with Crippen LogP contribution in [-0.4, -0.2) is 105 Å². The van der Waals surface area contributed by atoms with E-state index in [2.05, 4.69) is 57.2 Å². The van der Waals surface area contributed by atoms with Crippen LogP contribution >= 0.6 is 0 Å². The van der Waals surface area contributed by atoms with E-state index >= 15 is 0 Å². The van der Waals surface area contributed by atoms with Crippen molar-refractivity contribution in [3.63, 3.8) is 0 Å². The normalized spacial score (nSPS) is 12.3. The maximum absolute atomic E-state index is 6.03. The number of anilines is 1. The Morgan fingerprint density at radius 3 is 1.81 bits per heavy atom. The molecular formula is C31H63N2O5Si5. The molecule has 43 heavy (non-hydrogen) atoms. The molecule has 12 heteroatoms. The summed E-state index contributed by atoms with van der Waals surface area (Å²) in [5.74, 6) is 0. The minimum Gasteiger partial charge on any atom is -0.397 e. The second kappa shape index (κ2) is 22.4. The summed E-state index contributed by atoms with van der Waals surface area (Å²) in [6.07, 6.45) is 4.29. The van der Waals surface area contributed by atoms with Gasteiger partial charge in [-0.1, -0.05) is 37.4 Å². The smallest absolute Gasteiger partial charge is 0.397 e. The molecule has 0 spiro atoms. The van der Waals surface area contributed by atoms with Crippen molar-refractivity contribution >= 4 is 61.3 Å². The average Bonchev–Trinajstić information content (AvgIpc) is 2.96. The molecule has 7 nitrogen and oxygen atoms in total. The van der Waals surface area contributed by atoms with Crippen LogP contribution in [0.5, 0.6) is 0 Å². The lowest BCUT2D eigenvalue weighted by atomic mass is 9.97. The van der Waals surface area contributed by atoms with Crippen LogP contribution in [0.3, 0.4) is 0 Å². The molecule has 1 rings (SSSR count). The van der Waals surface area contributed by atoms with Crippen LogP contribution in [0.15, 0.2) is 0 Å². The second-order valence-electron chi connectivity index (χ2n) is 11.1. The van der Waals surface area contributed by atoms with Gasteiger partial charge in [0, 0.05) is 58.9 Å². The molecule has 1 aromatic rings. The Morgan fingerprint density at radius 2 is 1.35 bits per heavy atom. The summed E-state index contributed by atoms with van der Waals surface area (Å²) < 4.78 is 29.5. The van der Waals surface area contributed by atoms with E-state index in [1.165, 1.54) is 6.04 Å². The Labute approximate surface area is 274 Å². The summed E-state index contributed by atoms with van der Waals surface area (Å²) in [7, 11) is -0.638. The van der Waals surface area contributed by atoms with Crippen molar-refractivity contribution in [2.24, 2.45) is 0 Å². The van der Waals surface area contributed by atoms with Crippen LogP contribution in [-0.2, 0) is 35.0 Å². The van der Waals surface area contributed by atoms with Gasteiger partial charge in [-0.2, -0.15) is 0 Å². The monoisotopic (exact) mass is 683 g/mol. The highest BCUT2D eigenvalue weighted by molar-refractivity contribution is 6.75. The van der Waals surface area contributed by atoms with Gasteiger partial charge in [-0.05, 0) is 101 Å². The molecule has 247 valence electrons. The topological polar surface area (TPSA) is 61.4 Å². The van der Waals surface area contributed by atoms with Gasteiger partial charge in [0.15, 0.2) is 0 Å². The van der Waals surface area contributed by atoms with E-state index in [1.807, 2.05) is 20.8 Å². The Kier molecular flexibility index (Phi) is 21.3. The van der Waals surface area contributed by atoms with Gasteiger partial charge in [0.05, 0.1) is 27.1 Å². The molecule has 0 fully saturated rings. The van der Waals surface area contributed by atoms with E-state index in [0.29, 0.717) is 19.8 Å². The van der Waals surface area contributed by atoms with E-state index in [4.69, 9.17) is 22.1 Å². The lowest BCUT2D eigenvalue weighted by Crippen LogP contribution is -2.46. The van der Waals surface area contributed by atoms with Gasteiger partial charge in [0.2, 0.25) is 0 Å². The molecule has 0 aliphatic heterocycles. The third-order valence-corrected chi connectivity index (χ3v) is 16.8. The standard InChI is InChI=1S/C31H63N2O5Si5/c1-13-33(14-2)29-28(19-22-39-25-32-21-18-24-43(36-15-3,37-16-4)38-17-5)31(41(11)12)27(20-23-42(34-7)35-8)26(6)30(29)40(9)10/h32H,13-25H2,1-12H3. The Balaban J connectivity index is 3.15. The molecule has 0 heterocycles. The number of hydrogen-bond donors (Lipinski definition) is 1. The maximum atomic E-state index is 6.03. The third-order valence-electron chi connectivity index (χ3n) is 7.80. The molecule has 0 aliphatic carbocycles. The zero-order chi connectivity index (χ0) is 32.4. The zero-order valence-electron chi connectivity index (χ0n) is 29.7. The molecule has 1 aromatic carbocycles. The summed E-state index contributed by atoms with van der Waals surface area (Å²) in [6.45, 7) is 28.0. The number of hydrogen-bond acceptors (Lipinski definition) is 7. The number of nitrogens with zero attached hydrogens (tertiary/aromatic N) is 1. The summed E-state index contributed by atoms with van der Waals surface area (Å²) in [5, 5.41) is 7.05. The fraction of sp³-hybridized carbons (Fsp3) is 0.806. The van der Waals surface area contributed by atoms with Crippen molar-refractivity contribution in [2.75, 3.05) is 64.7 Å². The highest BCUT2D eigenvalue weighted by Gasteiger charge is 2.39. The molecule has 0 bridgehead atoms. The predicted octanol–water partition coefficient (Wildman–Crippen LogP) is 4.74. The van der Waals surface area contributed by atoms with E-state index in [-0.39, 0.29) is 0 Å². The lowest BCUT2D eigenvalue weighted by molar-refractivity contribution is 0.0708. The summed E-state index contributed by atoms with van der Waals surface area (Å²) >= 11 is 0. The zero-order valence-corrected chi connectivity index (χ0v) is 34.7. The van der Waals surface area contributed by atoms with Crippen molar-refractivity contribution < 1.29 is 22.1 Å². The highest BCUT2D eigenvalue weighted by atomic mass is 28.4. The average molecular weight is 684 g/mol. The Hall–Kier alpha value is -0.136. The van der Waals surface area contributed by atoms with Crippen LogP contribution in [0.4, 0.5) is 5.69 Å². The molecule has 0 unspecified atom stereocenters. The minimum absolute atomic E-state index is 0.638. The van der Waals surface area contributed by atoms with Gasteiger partial charge in [0.25, 0.3) is 0 Å². The molecule has 0 saturated heterocycles. The maximum Gasteiger partial charge on any atom is 0.500 e.